The average molecular weight is 379 g/mol. The molecule has 0 aromatic heterocycles. The van der Waals surface area contributed by atoms with Crippen LogP contribution in [0.4, 0.5) is 0 Å². The van der Waals surface area contributed by atoms with E-state index in [1.165, 1.54) is 5.19 Å². The van der Waals surface area contributed by atoms with E-state index >= 15 is 0 Å². The van der Waals surface area contributed by atoms with E-state index in [1.54, 1.807) is 0 Å². The van der Waals surface area contributed by atoms with Crippen molar-refractivity contribution >= 4 is 21.9 Å². The van der Waals surface area contributed by atoms with E-state index in [0.717, 1.165) is 32.8 Å². The maximum Gasteiger partial charge on any atom is 0.264 e. The van der Waals surface area contributed by atoms with Gasteiger partial charge in [-0.3, -0.25) is 0 Å². The van der Waals surface area contributed by atoms with E-state index < -0.39 is 16.7 Å². The summed E-state index contributed by atoms with van der Waals surface area (Å²) in [6.07, 6.45) is 0. The molecule has 0 bridgehead atoms. The lowest BCUT2D eigenvalue weighted by molar-refractivity contribution is 0.338. The van der Waals surface area contributed by atoms with Crippen molar-refractivity contribution in [2.45, 2.75) is 47.7 Å². The van der Waals surface area contributed by atoms with E-state index in [-0.39, 0.29) is 0 Å². The van der Waals surface area contributed by atoms with Gasteiger partial charge in [0, 0.05) is 6.61 Å². The van der Waals surface area contributed by atoms with Crippen LogP contribution in [0.5, 0.6) is 0 Å². The molecule has 0 atom stereocenters. The summed E-state index contributed by atoms with van der Waals surface area (Å²) in [7, 11) is -3.92. The van der Waals surface area contributed by atoms with Crippen LogP contribution in [0.25, 0.3) is 0 Å². The molecule has 0 aliphatic rings. The highest BCUT2D eigenvalue weighted by Gasteiger charge is 2.43. The Labute approximate surface area is 158 Å². The maximum absolute atomic E-state index is 6.09. The Morgan fingerprint density at radius 2 is 1.28 bits per heavy atom. The lowest BCUT2D eigenvalue weighted by Gasteiger charge is -2.47. The van der Waals surface area contributed by atoms with E-state index in [0.29, 0.717) is 0 Å². The minimum absolute atomic E-state index is 0.792. The molecule has 1 aromatic rings. The van der Waals surface area contributed by atoms with Gasteiger partial charge < -0.3 is 13.6 Å². The molecule has 0 fully saturated rings. The Kier molecular flexibility index (Phi) is 9.31. The summed E-state index contributed by atoms with van der Waals surface area (Å²) in [6, 6.07) is 11.1. The van der Waals surface area contributed by atoms with Crippen LogP contribution in [-0.4, -0.2) is 58.6 Å². The van der Waals surface area contributed by atoms with Crippen LogP contribution in [0.3, 0.4) is 0 Å². The fraction of sp³-hybridized carbons (Fsp3) is 0.600. The predicted molar refractivity (Wildman–Crippen MR) is 116 cm³/mol. The molecule has 0 spiro atoms. The largest absolute Gasteiger partial charge is 0.414 e. The molecule has 3 nitrogen and oxygen atoms in total. The number of benzene rings is 1. The number of rotatable bonds is 11. The smallest absolute Gasteiger partial charge is 0.264 e. The average Bonchev–Trinajstić information content (AvgIpc) is 2.61. The first-order chi connectivity index (χ1) is 11.9. The highest BCUT2D eigenvalue weighted by atomic mass is 28.4. The molecule has 5 heteroatoms. The first-order valence-electron chi connectivity index (χ1n) is 9.81. The van der Waals surface area contributed by atoms with Crippen LogP contribution in [0.2, 0.25) is 13.1 Å². The van der Waals surface area contributed by atoms with Crippen LogP contribution >= 0.6 is 0 Å². The van der Waals surface area contributed by atoms with Crippen molar-refractivity contribution in [3.63, 3.8) is 0 Å². The van der Waals surface area contributed by atoms with Gasteiger partial charge in [-0.2, -0.15) is 0 Å². The molecule has 0 amide bonds. The van der Waals surface area contributed by atoms with Gasteiger partial charge >= 0.3 is 0 Å². The van der Waals surface area contributed by atoms with Crippen LogP contribution in [0.15, 0.2) is 41.7 Å². The minimum atomic E-state index is -2.13. The summed E-state index contributed by atoms with van der Waals surface area (Å²) in [5, 5.41) is 1.47. The Morgan fingerprint density at radius 1 is 0.800 bits per heavy atom. The molecule has 0 saturated carbocycles. The van der Waals surface area contributed by atoms with Gasteiger partial charge in [0.25, 0.3) is 8.40 Å². The predicted octanol–water partition coefficient (Wildman–Crippen LogP) is 3.90. The Morgan fingerprint density at radius 3 is 1.68 bits per heavy atom. The summed E-state index contributed by atoms with van der Waals surface area (Å²) in [4.78, 5) is 0. The molecular weight excluding hydrogens is 340 g/mol. The third kappa shape index (κ3) is 5.37. The lowest BCUT2D eigenvalue weighted by Crippen LogP contribution is -2.72. The van der Waals surface area contributed by atoms with Crippen LogP contribution in [0, 0.1) is 0 Å². The van der Waals surface area contributed by atoms with Crippen molar-refractivity contribution in [2.24, 2.45) is 0 Å². The first kappa shape index (κ1) is 22.3. The van der Waals surface area contributed by atoms with Crippen LogP contribution < -0.4 is 5.19 Å². The number of hydrogen-bond acceptors (Lipinski definition) is 3. The zero-order chi connectivity index (χ0) is 18.9. The standard InChI is InChI=1S/C20H38N2OSi2/c1-8-21(9-2)25(22(10-3)11-4,20-16-14-13-15-17-20)19-18-24(6,7)23-12-5/h13-19H,8-12H2,1-7H3. The van der Waals surface area contributed by atoms with Crippen molar-refractivity contribution in [3.8, 4) is 0 Å². The second kappa shape index (κ2) is 10.4. The fourth-order valence-corrected chi connectivity index (χ4v) is 11.4. The molecule has 0 N–H and O–H groups in total. The van der Waals surface area contributed by atoms with Gasteiger partial charge in [-0.1, -0.05) is 69.4 Å². The van der Waals surface area contributed by atoms with Crippen molar-refractivity contribution < 1.29 is 4.43 Å². The van der Waals surface area contributed by atoms with Gasteiger partial charge in [0.1, 0.15) is 0 Å². The topological polar surface area (TPSA) is 15.7 Å². The quantitative estimate of drug-likeness (QED) is 0.543. The van der Waals surface area contributed by atoms with E-state index in [9.17, 15) is 0 Å². The summed E-state index contributed by atoms with van der Waals surface area (Å²) < 4.78 is 11.5. The van der Waals surface area contributed by atoms with Crippen LogP contribution in [0.1, 0.15) is 34.6 Å². The SMILES string of the molecule is CCO[Si](C)(C)C=C[Si](c1ccccc1)(N(CC)CC)N(CC)CC. The Balaban J connectivity index is 3.57. The molecule has 142 valence electrons. The van der Waals surface area contributed by atoms with Gasteiger partial charge in [0.2, 0.25) is 8.32 Å². The summed E-state index contributed by atoms with van der Waals surface area (Å²) in [5.74, 6) is 0. The molecule has 0 saturated heterocycles. The van der Waals surface area contributed by atoms with Crippen molar-refractivity contribution in [3.05, 3.63) is 41.7 Å². The molecule has 0 radical (unpaired) electrons. The number of hydrogen-bond donors (Lipinski definition) is 0. The van der Waals surface area contributed by atoms with Crippen molar-refractivity contribution in [1.29, 1.82) is 0 Å². The van der Waals surface area contributed by atoms with E-state index in [1.807, 2.05) is 0 Å². The molecule has 0 aliphatic carbocycles. The number of nitrogens with zero attached hydrogens (tertiary/aromatic N) is 2. The monoisotopic (exact) mass is 378 g/mol. The molecule has 1 rings (SSSR count). The molecule has 1 aromatic carbocycles. The zero-order valence-corrected chi connectivity index (χ0v) is 19.4. The summed E-state index contributed by atoms with van der Waals surface area (Å²) >= 11 is 0. The van der Waals surface area contributed by atoms with Gasteiger partial charge in [-0.15, -0.1) is 0 Å². The molecule has 0 unspecified atom stereocenters. The Bertz CT molecular complexity index is 500. The molecule has 0 heterocycles. The highest BCUT2D eigenvalue weighted by Crippen LogP contribution is 2.20. The van der Waals surface area contributed by atoms with Gasteiger partial charge in [0.05, 0.1) is 0 Å². The second-order valence-electron chi connectivity index (χ2n) is 6.81. The lowest BCUT2D eigenvalue weighted by atomic mass is 10.4. The van der Waals surface area contributed by atoms with Crippen molar-refractivity contribution in [2.75, 3.05) is 32.8 Å². The van der Waals surface area contributed by atoms with Crippen LogP contribution in [-0.2, 0) is 4.43 Å². The molecule has 25 heavy (non-hydrogen) atoms. The third-order valence-electron chi connectivity index (χ3n) is 4.92. The fourth-order valence-electron chi connectivity index (χ4n) is 3.70. The van der Waals surface area contributed by atoms with E-state index in [2.05, 4.69) is 98.6 Å². The highest BCUT2D eigenvalue weighted by molar-refractivity contribution is 6.92. The molecular formula is C20H38N2OSi2. The van der Waals surface area contributed by atoms with Gasteiger partial charge in [-0.05, 0) is 51.4 Å². The first-order valence-corrected chi connectivity index (χ1v) is 14.8. The van der Waals surface area contributed by atoms with E-state index in [4.69, 9.17) is 4.43 Å². The summed E-state index contributed by atoms with van der Waals surface area (Å²) in [6.45, 7) is 20.9. The third-order valence-corrected chi connectivity index (χ3v) is 12.3. The normalized spacial score (nSPS) is 13.3. The zero-order valence-electron chi connectivity index (χ0n) is 17.4. The van der Waals surface area contributed by atoms with Gasteiger partial charge in [-0.25, -0.2) is 0 Å². The second-order valence-corrected chi connectivity index (χ2v) is 14.3. The van der Waals surface area contributed by atoms with Crippen molar-refractivity contribution in [1.82, 2.24) is 9.13 Å². The maximum atomic E-state index is 6.09. The van der Waals surface area contributed by atoms with Gasteiger partial charge in [0.15, 0.2) is 0 Å². The summed E-state index contributed by atoms with van der Waals surface area (Å²) in [5.41, 5.74) is 5.00. The minimum Gasteiger partial charge on any atom is -0.414 e. The molecule has 0 aliphatic heterocycles. The Hall–Kier alpha value is -0.726.